The summed E-state index contributed by atoms with van der Waals surface area (Å²) in [4.78, 5) is 31.6. The molecule has 2 aliphatic rings. The maximum atomic E-state index is 13.3. The number of benzene rings is 1. The molecule has 150 valence electrons. The van der Waals surface area contributed by atoms with Gasteiger partial charge in [0.2, 0.25) is 11.8 Å². The van der Waals surface area contributed by atoms with Crippen LogP contribution in [0.25, 0.3) is 10.9 Å². The van der Waals surface area contributed by atoms with Crippen molar-refractivity contribution in [1.29, 1.82) is 0 Å². The largest absolute Gasteiger partial charge is 0.497 e. The van der Waals surface area contributed by atoms with Gasteiger partial charge < -0.3 is 19.9 Å². The van der Waals surface area contributed by atoms with Gasteiger partial charge >= 0.3 is 0 Å². The number of H-pyrrole nitrogens is 1. The molecule has 0 radical (unpaired) electrons. The molecule has 6 heteroatoms. The molecule has 2 aliphatic heterocycles. The lowest BCUT2D eigenvalue weighted by molar-refractivity contribution is -0.154. The molecule has 4 rings (SSSR count). The highest BCUT2D eigenvalue weighted by Crippen LogP contribution is 2.42. The minimum Gasteiger partial charge on any atom is -0.497 e. The number of nitrogens with zero attached hydrogens (tertiary/aromatic N) is 1. The van der Waals surface area contributed by atoms with Crippen molar-refractivity contribution in [2.24, 2.45) is 5.92 Å². The number of methoxy groups -OCH3 is 1. The van der Waals surface area contributed by atoms with E-state index in [2.05, 4.69) is 24.1 Å². The molecule has 3 atom stereocenters. The van der Waals surface area contributed by atoms with E-state index in [0.717, 1.165) is 40.8 Å². The maximum absolute atomic E-state index is 13.3. The molecule has 3 heterocycles. The summed E-state index contributed by atoms with van der Waals surface area (Å²) in [6.07, 6.45) is 2.92. The van der Waals surface area contributed by atoms with Crippen molar-refractivity contribution >= 4 is 22.7 Å². The second kappa shape index (κ2) is 7.15. The molecule has 0 aliphatic carbocycles. The summed E-state index contributed by atoms with van der Waals surface area (Å²) in [5, 5.41) is 4.08. The summed E-state index contributed by atoms with van der Waals surface area (Å²) in [5.41, 5.74) is 3.23. The zero-order valence-electron chi connectivity index (χ0n) is 17.0. The Morgan fingerprint density at radius 1 is 1.29 bits per heavy atom. The number of carbonyl (C=O) groups is 2. The highest BCUT2D eigenvalue weighted by molar-refractivity contribution is 5.99. The van der Waals surface area contributed by atoms with E-state index in [9.17, 15) is 9.59 Å². The molecular weight excluding hydrogens is 354 g/mol. The summed E-state index contributed by atoms with van der Waals surface area (Å²) < 4.78 is 5.37. The molecule has 2 aromatic rings. The lowest BCUT2D eigenvalue weighted by atomic mass is 9.85. The fourth-order valence-corrected chi connectivity index (χ4v) is 4.73. The molecular formula is C22H29N3O3. The van der Waals surface area contributed by atoms with Crippen LogP contribution in [0.1, 0.15) is 57.3 Å². The number of ether oxygens (including phenoxy) is 1. The van der Waals surface area contributed by atoms with Gasteiger partial charge in [0.05, 0.1) is 13.2 Å². The summed E-state index contributed by atoms with van der Waals surface area (Å²) in [6, 6.07) is 5.04. The Morgan fingerprint density at radius 3 is 2.75 bits per heavy atom. The van der Waals surface area contributed by atoms with Crippen LogP contribution in [0.4, 0.5) is 0 Å². The average Bonchev–Trinajstić information content (AvgIpc) is 3.03. The van der Waals surface area contributed by atoms with Gasteiger partial charge in [-0.2, -0.15) is 0 Å². The van der Waals surface area contributed by atoms with Crippen molar-refractivity contribution in [2.75, 3.05) is 7.11 Å². The number of aromatic nitrogens is 1. The minimum absolute atomic E-state index is 0.0275. The van der Waals surface area contributed by atoms with Crippen LogP contribution >= 0.6 is 0 Å². The molecule has 1 saturated heterocycles. The predicted octanol–water partition coefficient (Wildman–Crippen LogP) is 3.32. The topological polar surface area (TPSA) is 74.4 Å². The first-order valence-corrected chi connectivity index (χ1v) is 10.3. The van der Waals surface area contributed by atoms with E-state index in [1.54, 1.807) is 7.11 Å². The summed E-state index contributed by atoms with van der Waals surface area (Å²) in [6.45, 7) is 6.36. The monoisotopic (exact) mass is 383 g/mol. The lowest BCUT2D eigenvalue weighted by Crippen LogP contribution is -2.65. The second-order valence-corrected chi connectivity index (χ2v) is 8.39. The maximum Gasteiger partial charge on any atom is 0.246 e. The number of fused-ring (bicyclic) bond motifs is 4. The first-order chi connectivity index (χ1) is 13.4. The fraction of sp³-hybridized carbons (Fsp3) is 0.545. The van der Waals surface area contributed by atoms with Crippen molar-refractivity contribution in [2.45, 2.75) is 64.6 Å². The van der Waals surface area contributed by atoms with E-state index in [4.69, 9.17) is 4.74 Å². The van der Waals surface area contributed by atoms with Gasteiger partial charge in [-0.05, 0) is 36.5 Å². The summed E-state index contributed by atoms with van der Waals surface area (Å²) >= 11 is 0. The number of hydrogen-bond acceptors (Lipinski definition) is 3. The fourth-order valence-electron chi connectivity index (χ4n) is 4.73. The molecule has 2 amide bonds. The quantitative estimate of drug-likeness (QED) is 0.832. The number of aromatic amines is 1. The van der Waals surface area contributed by atoms with Gasteiger partial charge in [0.15, 0.2) is 0 Å². The Hall–Kier alpha value is -2.50. The average molecular weight is 383 g/mol. The third-order valence-corrected chi connectivity index (χ3v) is 5.99. The number of amides is 2. The predicted molar refractivity (Wildman–Crippen MR) is 108 cm³/mol. The lowest BCUT2D eigenvalue weighted by Gasteiger charge is -2.46. The minimum atomic E-state index is -0.432. The molecule has 0 bridgehead atoms. The van der Waals surface area contributed by atoms with E-state index in [1.165, 1.54) is 0 Å². The Balaban J connectivity index is 1.84. The molecule has 0 spiro atoms. The molecule has 1 aromatic carbocycles. The van der Waals surface area contributed by atoms with Gasteiger partial charge in [0.25, 0.3) is 0 Å². The second-order valence-electron chi connectivity index (χ2n) is 8.39. The first kappa shape index (κ1) is 18.8. The Labute approximate surface area is 165 Å². The van der Waals surface area contributed by atoms with Crippen molar-refractivity contribution in [3.8, 4) is 5.75 Å². The standard InChI is InChI=1S/C22H29N3O3/c1-5-6-16-22(27)25-18(9-12(2)3)20-15(11-19(25)21(26)24-16)14-8-7-13(28-4)10-17(14)23-20/h7-8,10,12,16,18-19,23H,5-6,9,11H2,1-4H3,(H,24,26)/t16-,18?,19+/m1/s1. The van der Waals surface area contributed by atoms with Crippen molar-refractivity contribution in [3.63, 3.8) is 0 Å². The number of nitrogens with one attached hydrogen (secondary N) is 2. The van der Waals surface area contributed by atoms with E-state index in [0.29, 0.717) is 18.8 Å². The van der Waals surface area contributed by atoms with Crippen LogP contribution in [0, 0.1) is 5.92 Å². The van der Waals surface area contributed by atoms with Crippen molar-refractivity contribution < 1.29 is 14.3 Å². The van der Waals surface area contributed by atoms with Crippen LogP contribution in [-0.4, -0.2) is 40.9 Å². The third-order valence-electron chi connectivity index (χ3n) is 5.99. The van der Waals surface area contributed by atoms with Gasteiger partial charge in [-0.25, -0.2) is 0 Å². The van der Waals surface area contributed by atoms with Gasteiger partial charge in [-0.1, -0.05) is 27.2 Å². The molecule has 1 fully saturated rings. The molecule has 1 unspecified atom stereocenters. The summed E-state index contributed by atoms with van der Waals surface area (Å²) in [7, 11) is 1.66. The SMILES string of the molecule is CCC[C@H]1NC(=O)[C@@H]2Cc3c([nH]c4cc(OC)ccc34)C(CC(C)C)N2C1=O. The van der Waals surface area contributed by atoms with Crippen LogP contribution in [0.15, 0.2) is 18.2 Å². The molecule has 2 N–H and O–H groups in total. The van der Waals surface area contributed by atoms with Gasteiger partial charge in [-0.15, -0.1) is 0 Å². The number of hydrogen-bond donors (Lipinski definition) is 2. The molecule has 1 aromatic heterocycles. The van der Waals surface area contributed by atoms with Crippen LogP contribution in [0.5, 0.6) is 5.75 Å². The Bertz CT molecular complexity index is 917. The van der Waals surface area contributed by atoms with Crippen molar-refractivity contribution in [1.82, 2.24) is 15.2 Å². The van der Waals surface area contributed by atoms with Crippen LogP contribution in [-0.2, 0) is 16.0 Å². The third kappa shape index (κ3) is 2.95. The van der Waals surface area contributed by atoms with Crippen LogP contribution in [0.2, 0.25) is 0 Å². The van der Waals surface area contributed by atoms with Crippen LogP contribution < -0.4 is 10.1 Å². The Morgan fingerprint density at radius 2 is 2.07 bits per heavy atom. The first-order valence-electron chi connectivity index (χ1n) is 10.3. The van der Waals surface area contributed by atoms with Gasteiger partial charge in [-0.3, -0.25) is 9.59 Å². The van der Waals surface area contributed by atoms with E-state index < -0.39 is 12.1 Å². The highest BCUT2D eigenvalue weighted by atomic mass is 16.5. The van der Waals surface area contributed by atoms with E-state index in [1.807, 2.05) is 30.0 Å². The molecule has 28 heavy (non-hydrogen) atoms. The van der Waals surface area contributed by atoms with E-state index >= 15 is 0 Å². The summed E-state index contributed by atoms with van der Waals surface area (Å²) in [5.74, 6) is 1.22. The van der Waals surface area contributed by atoms with Gasteiger partial charge in [0, 0.05) is 29.1 Å². The zero-order valence-corrected chi connectivity index (χ0v) is 17.0. The molecule has 0 saturated carbocycles. The number of carbonyl (C=O) groups excluding carboxylic acids is 2. The smallest absolute Gasteiger partial charge is 0.246 e. The van der Waals surface area contributed by atoms with Crippen LogP contribution in [0.3, 0.4) is 0 Å². The van der Waals surface area contributed by atoms with Gasteiger partial charge in [0.1, 0.15) is 17.8 Å². The normalized spacial score (nSPS) is 24.3. The Kier molecular flexibility index (Phi) is 4.81. The number of rotatable bonds is 5. The van der Waals surface area contributed by atoms with Crippen molar-refractivity contribution in [3.05, 3.63) is 29.5 Å². The molecule has 6 nitrogen and oxygen atoms in total. The highest BCUT2D eigenvalue weighted by Gasteiger charge is 2.48. The zero-order chi connectivity index (χ0) is 20.0. The number of piperazine rings is 1. The van der Waals surface area contributed by atoms with E-state index in [-0.39, 0.29) is 17.9 Å².